The minimum Gasteiger partial charge on any atom is -0.378 e. The van der Waals surface area contributed by atoms with E-state index >= 15 is 0 Å². The van der Waals surface area contributed by atoms with Crippen molar-refractivity contribution in [1.82, 2.24) is 9.80 Å². The van der Waals surface area contributed by atoms with Crippen LogP contribution in [-0.2, 0) is 9.53 Å². The molecule has 0 unspecified atom stereocenters. The van der Waals surface area contributed by atoms with Crippen molar-refractivity contribution in [2.75, 3.05) is 57.4 Å². The highest BCUT2D eigenvalue weighted by molar-refractivity contribution is 5.81. The number of morpholine rings is 1. The molecule has 3 rings (SSSR count). The smallest absolute Gasteiger partial charge is 0.239 e. The number of nitrogens with zero attached hydrogens (tertiary/aromatic N) is 3. The number of anilines is 1. The van der Waals surface area contributed by atoms with Gasteiger partial charge in [-0.1, -0.05) is 6.07 Å². The van der Waals surface area contributed by atoms with Gasteiger partial charge in [-0.2, -0.15) is 0 Å². The Kier molecular flexibility index (Phi) is 5.41. The molecule has 2 saturated heterocycles. The molecule has 2 aliphatic heterocycles. The molecule has 1 aromatic carbocycles. The summed E-state index contributed by atoms with van der Waals surface area (Å²) in [6.45, 7) is 13.0. The van der Waals surface area contributed by atoms with Crippen molar-refractivity contribution < 1.29 is 9.53 Å². The topological polar surface area (TPSA) is 36.0 Å². The molecule has 5 heteroatoms. The molecule has 132 valence electrons. The predicted octanol–water partition coefficient (Wildman–Crippen LogP) is 1.67. The molecule has 1 amide bonds. The molecule has 2 heterocycles. The molecule has 0 spiro atoms. The Bertz CT molecular complexity index is 576. The van der Waals surface area contributed by atoms with Gasteiger partial charge in [0.25, 0.3) is 0 Å². The van der Waals surface area contributed by atoms with Gasteiger partial charge in [0.15, 0.2) is 0 Å². The molecule has 24 heavy (non-hydrogen) atoms. The highest BCUT2D eigenvalue weighted by atomic mass is 16.5. The first-order valence-corrected chi connectivity index (χ1v) is 8.99. The monoisotopic (exact) mass is 331 g/mol. The molecule has 0 radical (unpaired) electrons. The van der Waals surface area contributed by atoms with Crippen LogP contribution in [0.3, 0.4) is 0 Å². The standard InChI is InChI=1S/C19H29N3O2/c1-15-4-5-18(14-16(15)2)21-8-6-20(7-9-21)17(3)19(23)22-10-12-24-13-11-22/h4-5,14,17H,6-13H2,1-3H3/t17-/m1/s1. The molecule has 5 nitrogen and oxygen atoms in total. The predicted molar refractivity (Wildman–Crippen MR) is 96.6 cm³/mol. The minimum atomic E-state index is -0.0370. The van der Waals surface area contributed by atoms with Crippen molar-refractivity contribution in [3.8, 4) is 0 Å². The molecule has 0 bridgehead atoms. The lowest BCUT2D eigenvalue weighted by Gasteiger charge is -2.40. The zero-order valence-electron chi connectivity index (χ0n) is 15.1. The largest absolute Gasteiger partial charge is 0.378 e. The van der Waals surface area contributed by atoms with Crippen molar-refractivity contribution >= 4 is 11.6 Å². The molecule has 2 fully saturated rings. The van der Waals surface area contributed by atoms with Crippen LogP contribution in [-0.4, -0.2) is 74.2 Å². The molecule has 0 aliphatic carbocycles. The molecule has 1 aromatic rings. The van der Waals surface area contributed by atoms with E-state index in [0.29, 0.717) is 13.2 Å². The lowest BCUT2D eigenvalue weighted by molar-refractivity contribution is -0.140. The van der Waals surface area contributed by atoms with Crippen LogP contribution in [0.15, 0.2) is 18.2 Å². The van der Waals surface area contributed by atoms with Crippen LogP contribution in [0.1, 0.15) is 18.1 Å². The van der Waals surface area contributed by atoms with E-state index in [-0.39, 0.29) is 11.9 Å². The van der Waals surface area contributed by atoms with Crippen LogP contribution in [0, 0.1) is 13.8 Å². The van der Waals surface area contributed by atoms with Crippen molar-refractivity contribution in [3.63, 3.8) is 0 Å². The number of benzene rings is 1. The maximum Gasteiger partial charge on any atom is 0.239 e. The fourth-order valence-corrected chi connectivity index (χ4v) is 3.49. The lowest BCUT2D eigenvalue weighted by Crippen LogP contribution is -2.56. The van der Waals surface area contributed by atoms with Crippen LogP contribution < -0.4 is 4.90 Å². The van der Waals surface area contributed by atoms with Crippen LogP contribution in [0.25, 0.3) is 0 Å². The molecule has 2 aliphatic rings. The van der Waals surface area contributed by atoms with Gasteiger partial charge in [0.2, 0.25) is 5.91 Å². The summed E-state index contributed by atoms with van der Waals surface area (Å²) in [5.41, 5.74) is 3.97. The summed E-state index contributed by atoms with van der Waals surface area (Å²) in [5.74, 6) is 0.248. The third-order valence-electron chi connectivity index (χ3n) is 5.40. The summed E-state index contributed by atoms with van der Waals surface area (Å²) < 4.78 is 5.34. The van der Waals surface area contributed by atoms with E-state index in [0.717, 1.165) is 39.3 Å². The quantitative estimate of drug-likeness (QED) is 0.844. The van der Waals surface area contributed by atoms with Gasteiger partial charge in [0.05, 0.1) is 19.3 Å². The van der Waals surface area contributed by atoms with Gasteiger partial charge in [-0.15, -0.1) is 0 Å². The number of amides is 1. The van der Waals surface area contributed by atoms with E-state index in [1.165, 1.54) is 16.8 Å². The Hall–Kier alpha value is -1.59. The molecular formula is C19H29N3O2. The SMILES string of the molecule is Cc1ccc(N2CCN([C@H](C)C(=O)N3CCOCC3)CC2)cc1C. The van der Waals surface area contributed by atoms with E-state index in [9.17, 15) is 4.79 Å². The normalized spacial score (nSPS) is 21.0. The van der Waals surface area contributed by atoms with Gasteiger partial charge in [0.1, 0.15) is 0 Å². The fraction of sp³-hybridized carbons (Fsp3) is 0.632. The number of aryl methyl sites for hydroxylation is 2. The first kappa shape index (κ1) is 17.2. The van der Waals surface area contributed by atoms with Gasteiger partial charge < -0.3 is 14.5 Å². The molecular weight excluding hydrogens is 302 g/mol. The highest BCUT2D eigenvalue weighted by Crippen LogP contribution is 2.21. The van der Waals surface area contributed by atoms with E-state index in [2.05, 4.69) is 41.8 Å². The fourth-order valence-electron chi connectivity index (χ4n) is 3.49. The van der Waals surface area contributed by atoms with Gasteiger partial charge in [-0.05, 0) is 44.0 Å². The second-order valence-electron chi connectivity index (χ2n) is 6.91. The Morgan fingerprint density at radius 2 is 1.67 bits per heavy atom. The number of hydrogen-bond acceptors (Lipinski definition) is 4. The van der Waals surface area contributed by atoms with Gasteiger partial charge >= 0.3 is 0 Å². The number of hydrogen-bond donors (Lipinski definition) is 0. The van der Waals surface area contributed by atoms with Gasteiger partial charge in [-0.3, -0.25) is 9.69 Å². The average Bonchev–Trinajstić information content (AvgIpc) is 2.63. The van der Waals surface area contributed by atoms with Crippen molar-refractivity contribution in [2.45, 2.75) is 26.8 Å². The Balaban J connectivity index is 1.55. The summed E-state index contributed by atoms with van der Waals surface area (Å²) in [4.78, 5) is 19.3. The summed E-state index contributed by atoms with van der Waals surface area (Å²) in [6.07, 6.45) is 0. The summed E-state index contributed by atoms with van der Waals surface area (Å²) in [7, 11) is 0. The first-order chi connectivity index (χ1) is 11.6. The third-order valence-corrected chi connectivity index (χ3v) is 5.40. The molecule has 0 aromatic heterocycles. The zero-order valence-corrected chi connectivity index (χ0v) is 15.1. The first-order valence-electron chi connectivity index (χ1n) is 8.99. The third kappa shape index (κ3) is 3.73. The van der Waals surface area contributed by atoms with Gasteiger partial charge in [0, 0.05) is 45.0 Å². The number of carbonyl (C=O) groups is 1. The van der Waals surface area contributed by atoms with E-state index in [1.807, 2.05) is 11.8 Å². The van der Waals surface area contributed by atoms with E-state index in [1.54, 1.807) is 0 Å². The second kappa shape index (κ2) is 7.53. The van der Waals surface area contributed by atoms with Gasteiger partial charge in [-0.25, -0.2) is 0 Å². The van der Waals surface area contributed by atoms with Crippen molar-refractivity contribution in [1.29, 1.82) is 0 Å². The number of carbonyl (C=O) groups excluding carboxylic acids is 1. The van der Waals surface area contributed by atoms with Crippen molar-refractivity contribution in [2.24, 2.45) is 0 Å². The number of rotatable bonds is 3. The highest BCUT2D eigenvalue weighted by Gasteiger charge is 2.29. The van der Waals surface area contributed by atoms with Crippen LogP contribution in [0.2, 0.25) is 0 Å². The van der Waals surface area contributed by atoms with E-state index < -0.39 is 0 Å². The lowest BCUT2D eigenvalue weighted by atomic mass is 10.1. The summed E-state index contributed by atoms with van der Waals surface area (Å²) in [5, 5.41) is 0. The molecule has 0 N–H and O–H groups in total. The maximum absolute atomic E-state index is 12.6. The average molecular weight is 331 g/mol. The minimum absolute atomic E-state index is 0.0370. The van der Waals surface area contributed by atoms with Crippen LogP contribution in [0.5, 0.6) is 0 Å². The number of piperazine rings is 1. The second-order valence-corrected chi connectivity index (χ2v) is 6.91. The number of ether oxygens (including phenoxy) is 1. The Morgan fingerprint density at radius 1 is 1.00 bits per heavy atom. The maximum atomic E-state index is 12.6. The summed E-state index contributed by atoms with van der Waals surface area (Å²) in [6, 6.07) is 6.64. The van der Waals surface area contributed by atoms with Crippen LogP contribution >= 0.6 is 0 Å². The zero-order chi connectivity index (χ0) is 17.1. The van der Waals surface area contributed by atoms with Crippen molar-refractivity contribution in [3.05, 3.63) is 29.3 Å². The van der Waals surface area contributed by atoms with Crippen LogP contribution in [0.4, 0.5) is 5.69 Å². The summed E-state index contributed by atoms with van der Waals surface area (Å²) >= 11 is 0. The molecule has 0 saturated carbocycles. The van der Waals surface area contributed by atoms with E-state index in [4.69, 9.17) is 4.74 Å². The Labute approximate surface area is 145 Å². The Morgan fingerprint density at radius 3 is 2.29 bits per heavy atom. The molecule has 1 atom stereocenters.